The molecule has 0 radical (unpaired) electrons. The summed E-state index contributed by atoms with van der Waals surface area (Å²) in [7, 11) is 0. The van der Waals surface area contributed by atoms with Gasteiger partial charge in [-0.05, 0) is 39.7 Å². The zero-order chi connectivity index (χ0) is 10.4. The van der Waals surface area contributed by atoms with Gasteiger partial charge in [0.15, 0.2) is 0 Å². The van der Waals surface area contributed by atoms with Crippen molar-refractivity contribution in [2.75, 3.05) is 6.54 Å². The van der Waals surface area contributed by atoms with Crippen LogP contribution in [0.25, 0.3) is 0 Å². The van der Waals surface area contributed by atoms with Crippen molar-refractivity contribution in [3.05, 3.63) is 0 Å². The molecule has 0 aromatic rings. The van der Waals surface area contributed by atoms with Gasteiger partial charge in [-0.25, -0.2) is 0 Å². The summed E-state index contributed by atoms with van der Waals surface area (Å²) in [6.07, 6.45) is 10.2. The van der Waals surface area contributed by atoms with Crippen molar-refractivity contribution in [2.45, 2.75) is 57.8 Å². The van der Waals surface area contributed by atoms with E-state index in [2.05, 4.69) is 25.1 Å². The molecule has 2 atom stereocenters. The molecular weight excluding hydrogens is 174 g/mol. The van der Waals surface area contributed by atoms with Crippen molar-refractivity contribution in [1.82, 2.24) is 5.32 Å². The molecule has 80 valence electrons. The minimum absolute atomic E-state index is 0.392. The second kappa shape index (κ2) is 6.06. The van der Waals surface area contributed by atoms with E-state index in [1.807, 2.05) is 0 Å². The first kappa shape index (κ1) is 11.6. The third-order valence-electron chi connectivity index (χ3n) is 2.63. The Balaban J connectivity index is 2.14. The van der Waals surface area contributed by atoms with Crippen LogP contribution < -0.4 is 5.32 Å². The van der Waals surface area contributed by atoms with Crippen LogP contribution in [-0.2, 0) is 4.74 Å². The van der Waals surface area contributed by atoms with Crippen molar-refractivity contribution in [2.24, 2.45) is 0 Å². The van der Waals surface area contributed by atoms with Crippen LogP contribution >= 0.6 is 0 Å². The van der Waals surface area contributed by atoms with Crippen molar-refractivity contribution in [3.63, 3.8) is 0 Å². The molecule has 1 N–H and O–H groups in total. The van der Waals surface area contributed by atoms with Gasteiger partial charge >= 0.3 is 0 Å². The number of terminal acetylenes is 1. The van der Waals surface area contributed by atoms with Crippen molar-refractivity contribution >= 4 is 0 Å². The fraction of sp³-hybridized carbons (Fsp3) is 0.833. The summed E-state index contributed by atoms with van der Waals surface area (Å²) in [5, 5.41) is 3.54. The van der Waals surface area contributed by atoms with Crippen LogP contribution in [0.5, 0.6) is 0 Å². The molecule has 0 aromatic carbocycles. The standard InChI is InChI=1S/C12H21NO/c1-4-5-6-7-13-12-8-10(2)14-11(3)9-12/h1,10-13H,5-9H2,2-3H3. The lowest BCUT2D eigenvalue weighted by molar-refractivity contribution is -0.0419. The minimum Gasteiger partial charge on any atom is -0.375 e. The SMILES string of the molecule is C#CCCCNC1CC(C)OC(C)C1. The average Bonchev–Trinajstić information content (AvgIpc) is 2.11. The molecule has 0 aliphatic carbocycles. The Morgan fingerprint density at radius 1 is 1.36 bits per heavy atom. The van der Waals surface area contributed by atoms with Crippen LogP contribution in [0.15, 0.2) is 0 Å². The molecule has 1 fully saturated rings. The highest BCUT2D eigenvalue weighted by atomic mass is 16.5. The Kier molecular flexibility index (Phi) is 5.00. The fourth-order valence-electron chi connectivity index (χ4n) is 2.07. The molecule has 1 rings (SSSR count). The van der Waals surface area contributed by atoms with Crippen LogP contribution in [0, 0.1) is 12.3 Å². The monoisotopic (exact) mass is 195 g/mol. The topological polar surface area (TPSA) is 21.3 Å². The fourth-order valence-corrected chi connectivity index (χ4v) is 2.07. The number of hydrogen-bond donors (Lipinski definition) is 1. The van der Waals surface area contributed by atoms with E-state index in [1.54, 1.807) is 0 Å². The van der Waals surface area contributed by atoms with E-state index >= 15 is 0 Å². The maximum Gasteiger partial charge on any atom is 0.0565 e. The van der Waals surface area contributed by atoms with Gasteiger partial charge in [-0.3, -0.25) is 0 Å². The largest absolute Gasteiger partial charge is 0.375 e. The molecule has 2 unspecified atom stereocenters. The first-order valence-electron chi connectivity index (χ1n) is 5.54. The molecule has 1 heterocycles. The number of nitrogens with one attached hydrogen (secondary N) is 1. The third-order valence-corrected chi connectivity index (χ3v) is 2.63. The van der Waals surface area contributed by atoms with E-state index in [9.17, 15) is 0 Å². The Morgan fingerprint density at radius 2 is 2.00 bits per heavy atom. The molecule has 14 heavy (non-hydrogen) atoms. The predicted octanol–water partition coefficient (Wildman–Crippen LogP) is 1.95. The van der Waals surface area contributed by atoms with Crippen LogP contribution in [0.1, 0.15) is 39.5 Å². The van der Waals surface area contributed by atoms with Gasteiger partial charge in [-0.1, -0.05) is 0 Å². The summed E-state index contributed by atoms with van der Waals surface area (Å²) in [6, 6.07) is 0.617. The summed E-state index contributed by atoms with van der Waals surface area (Å²) in [6.45, 7) is 5.33. The minimum atomic E-state index is 0.392. The van der Waals surface area contributed by atoms with E-state index in [4.69, 9.17) is 11.2 Å². The molecule has 2 nitrogen and oxygen atoms in total. The second-order valence-electron chi connectivity index (χ2n) is 4.19. The first-order valence-corrected chi connectivity index (χ1v) is 5.54. The van der Waals surface area contributed by atoms with Gasteiger partial charge in [-0.15, -0.1) is 12.3 Å². The van der Waals surface area contributed by atoms with E-state index in [-0.39, 0.29) is 0 Å². The number of rotatable bonds is 4. The molecule has 0 aromatic heterocycles. The Bertz CT molecular complexity index is 187. The lowest BCUT2D eigenvalue weighted by atomic mass is 10.00. The van der Waals surface area contributed by atoms with Crippen molar-refractivity contribution in [3.8, 4) is 12.3 Å². The zero-order valence-corrected chi connectivity index (χ0v) is 9.25. The summed E-state index contributed by atoms with van der Waals surface area (Å²) < 4.78 is 5.67. The predicted molar refractivity (Wildman–Crippen MR) is 59.1 cm³/mol. The van der Waals surface area contributed by atoms with E-state index in [0.717, 1.165) is 32.2 Å². The van der Waals surface area contributed by atoms with Crippen LogP contribution in [-0.4, -0.2) is 24.8 Å². The molecule has 0 bridgehead atoms. The van der Waals surface area contributed by atoms with Crippen molar-refractivity contribution < 1.29 is 4.74 Å². The second-order valence-corrected chi connectivity index (χ2v) is 4.19. The summed E-state index contributed by atoms with van der Waals surface area (Å²) in [5.41, 5.74) is 0. The molecule has 0 spiro atoms. The molecule has 1 aliphatic heterocycles. The normalized spacial score (nSPS) is 32.5. The van der Waals surface area contributed by atoms with Gasteiger partial charge in [-0.2, -0.15) is 0 Å². The zero-order valence-electron chi connectivity index (χ0n) is 9.25. The highest BCUT2D eigenvalue weighted by molar-refractivity contribution is 4.84. The van der Waals surface area contributed by atoms with Crippen LogP contribution in [0.4, 0.5) is 0 Å². The Hall–Kier alpha value is -0.520. The van der Waals surface area contributed by atoms with Gasteiger partial charge in [0.05, 0.1) is 12.2 Å². The van der Waals surface area contributed by atoms with Gasteiger partial charge < -0.3 is 10.1 Å². The van der Waals surface area contributed by atoms with Gasteiger partial charge in [0.1, 0.15) is 0 Å². The lowest BCUT2D eigenvalue weighted by Gasteiger charge is -2.32. The molecule has 1 saturated heterocycles. The summed E-state index contributed by atoms with van der Waals surface area (Å²) in [5.74, 6) is 2.66. The first-order chi connectivity index (χ1) is 6.72. The highest BCUT2D eigenvalue weighted by Gasteiger charge is 2.23. The molecule has 1 aliphatic rings. The van der Waals surface area contributed by atoms with Crippen LogP contribution in [0.2, 0.25) is 0 Å². The molecular formula is C12H21NO. The maximum atomic E-state index is 5.67. The van der Waals surface area contributed by atoms with Crippen LogP contribution in [0.3, 0.4) is 0 Å². The average molecular weight is 195 g/mol. The molecule has 0 saturated carbocycles. The molecule has 2 heteroatoms. The Labute approximate surface area is 87.4 Å². The summed E-state index contributed by atoms with van der Waals surface area (Å²) >= 11 is 0. The van der Waals surface area contributed by atoms with Gasteiger partial charge in [0, 0.05) is 12.5 Å². The van der Waals surface area contributed by atoms with E-state index in [0.29, 0.717) is 18.2 Å². The molecule has 0 amide bonds. The van der Waals surface area contributed by atoms with Gasteiger partial charge in [0.2, 0.25) is 0 Å². The summed E-state index contributed by atoms with van der Waals surface area (Å²) in [4.78, 5) is 0. The lowest BCUT2D eigenvalue weighted by Crippen LogP contribution is -2.41. The van der Waals surface area contributed by atoms with E-state index < -0.39 is 0 Å². The maximum absolute atomic E-state index is 5.67. The number of unbranched alkanes of at least 4 members (excludes halogenated alkanes) is 1. The van der Waals surface area contributed by atoms with Crippen molar-refractivity contribution in [1.29, 1.82) is 0 Å². The Morgan fingerprint density at radius 3 is 2.57 bits per heavy atom. The number of hydrogen-bond acceptors (Lipinski definition) is 2. The third kappa shape index (κ3) is 4.13. The van der Waals surface area contributed by atoms with Gasteiger partial charge in [0.25, 0.3) is 0 Å². The highest BCUT2D eigenvalue weighted by Crippen LogP contribution is 2.18. The number of ether oxygens (including phenoxy) is 1. The quantitative estimate of drug-likeness (QED) is 0.547. The van der Waals surface area contributed by atoms with E-state index in [1.165, 1.54) is 0 Å². The smallest absolute Gasteiger partial charge is 0.0565 e.